The van der Waals surface area contributed by atoms with E-state index in [0.717, 1.165) is 24.5 Å². The average Bonchev–Trinajstić information content (AvgIpc) is 2.79. The molecule has 0 unspecified atom stereocenters. The summed E-state index contributed by atoms with van der Waals surface area (Å²) in [6.45, 7) is 0.948. The molecule has 0 saturated heterocycles. The van der Waals surface area contributed by atoms with Crippen LogP contribution in [0.3, 0.4) is 0 Å². The monoisotopic (exact) mass is 219 g/mol. The molecule has 0 saturated carbocycles. The highest BCUT2D eigenvalue weighted by atomic mass is 32.1. The molecule has 0 aliphatic carbocycles. The lowest BCUT2D eigenvalue weighted by Crippen LogP contribution is -2.02. The van der Waals surface area contributed by atoms with Gasteiger partial charge in [0, 0.05) is 18.1 Å². The van der Waals surface area contributed by atoms with Crippen LogP contribution in [0.15, 0.2) is 36.7 Å². The van der Waals surface area contributed by atoms with Gasteiger partial charge in [-0.15, -0.1) is 0 Å². The number of nitrogens with zero attached hydrogens (tertiary/aromatic N) is 2. The SMILES string of the molecule is c1ccc(CCCNc2ncns2)cc1. The Bertz CT molecular complexity index is 372. The van der Waals surface area contributed by atoms with Crippen molar-refractivity contribution in [3.63, 3.8) is 0 Å². The molecule has 0 amide bonds. The lowest BCUT2D eigenvalue weighted by molar-refractivity contribution is 0.862. The fourth-order valence-electron chi connectivity index (χ4n) is 1.38. The van der Waals surface area contributed by atoms with Gasteiger partial charge in [0.2, 0.25) is 5.13 Å². The van der Waals surface area contributed by atoms with Crippen LogP contribution >= 0.6 is 11.5 Å². The maximum absolute atomic E-state index is 4.06. The number of aryl methyl sites for hydroxylation is 1. The Kier molecular flexibility index (Phi) is 3.68. The third-order valence-corrected chi connectivity index (χ3v) is 2.74. The zero-order chi connectivity index (χ0) is 10.3. The van der Waals surface area contributed by atoms with E-state index in [2.05, 4.69) is 38.9 Å². The second-order valence-corrected chi connectivity index (χ2v) is 4.04. The molecule has 2 rings (SSSR count). The van der Waals surface area contributed by atoms with Crippen molar-refractivity contribution in [3.8, 4) is 0 Å². The maximum atomic E-state index is 4.06. The summed E-state index contributed by atoms with van der Waals surface area (Å²) in [7, 11) is 0. The van der Waals surface area contributed by atoms with Crippen LogP contribution in [0.4, 0.5) is 5.13 Å². The van der Waals surface area contributed by atoms with Crippen LogP contribution < -0.4 is 5.32 Å². The van der Waals surface area contributed by atoms with Gasteiger partial charge in [-0.1, -0.05) is 30.3 Å². The summed E-state index contributed by atoms with van der Waals surface area (Å²) < 4.78 is 3.93. The van der Waals surface area contributed by atoms with E-state index < -0.39 is 0 Å². The Morgan fingerprint density at radius 2 is 2.07 bits per heavy atom. The third-order valence-electron chi connectivity index (χ3n) is 2.12. The van der Waals surface area contributed by atoms with E-state index in [4.69, 9.17) is 0 Å². The summed E-state index contributed by atoms with van der Waals surface area (Å²) in [5.74, 6) is 0. The van der Waals surface area contributed by atoms with Gasteiger partial charge in [0.15, 0.2) is 0 Å². The van der Waals surface area contributed by atoms with Crippen molar-refractivity contribution in [2.24, 2.45) is 0 Å². The van der Waals surface area contributed by atoms with Crippen molar-refractivity contribution in [2.45, 2.75) is 12.8 Å². The van der Waals surface area contributed by atoms with Crippen LogP contribution in [-0.2, 0) is 6.42 Å². The normalized spacial score (nSPS) is 10.1. The maximum Gasteiger partial charge on any atom is 0.202 e. The molecule has 0 fully saturated rings. The Labute approximate surface area is 93.4 Å². The number of anilines is 1. The molecule has 1 aromatic heterocycles. The highest BCUT2D eigenvalue weighted by Crippen LogP contribution is 2.07. The molecule has 0 bridgehead atoms. The van der Waals surface area contributed by atoms with Crippen molar-refractivity contribution in [2.75, 3.05) is 11.9 Å². The molecule has 0 atom stereocenters. The Balaban J connectivity index is 1.68. The molecular weight excluding hydrogens is 206 g/mol. The second-order valence-electron chi connectivity index (χ2n) is 3.26. The molecule has 4 heteroatoms. The minimum atomic E-state index is 0.906. The molecule has 1 aromatic carbocycles. The fraction of sp³-hybridized carbons (Fsp3) is 0.273. The molecule has 3 nitrogen and oxygen atoms in total. The van der Waals surface area contributed by atoms with Crippen molar-refractivity contribution in [1.82, 2.24) is 9.36 Å². The van der Waals surface area contributed by atoms with E-state index in [1.807, 2.05) is 6.07 Å². The summed E-state index contributed by atoms with van der Waals surface area (Å²) in [6.07, 6.45) is 3.79. The van der Waals surface area contributed by atoms with E-state index in [1.54, 1.807) is 6.33 Å². The van der Waals surface area contributed by atoms with E-state index >= 15 is 0 Å². The number of benzene rings is 1. The highest BCUT2D eigenvalue weighted by Gasteiger charge is 1.95. The summed E-state index contributed by atoms with van der Waals surface area (Å²) >= 11 is 1.40. The zero-order valence-electron chi connectivity index (χ0n) is 8.39. The summed E-state index contributed by atoms with van der Waals surface area (Å²) in [5, 5.41) is 4.15. The van der Waals surface area contributed by atoms with Crippen molar-refractivity contribution >= 4 is 16.7 Å². The van der Waals surface area contributed by atoms with E-state index in [0.29, 0.717) is 0 Å². The van der Waals surface area contributed by atoms with Crippen LogP contribution in [0.2, 0.25) is 0 Å². The predicted molar refractivity (Wildman–Crippen MR) is 63.2 cm³/mol. The van der Waals surface area contributed by atoms with E-state index in [9.17, 15) is 0 Å². The van der Waals surface area contributed by atoms with Gasteiger partial charge in [-0.05, 0) is 18.4 Å². The van der Waals surface area contributed by atoms with Crippen molar-refractivity contribution < 1.29 is 0 Å². The topological polar surface area (TPSA) is 37.8 Å². The van der Waals surface area contributed by atoms with Gasteiger partial charge in [-0.25, -0.2) is 4.98 Å². The van der Waals surface area contributed by atoms with Gasteiger partial charge in [0.1, 0.15) is 6.33 Å². The standard InChI is InChI=1S/C11H13N3S/c1-2-5-10(6-3-1)7-4-8-12-11-13-9-14-15-11/h1-3,5-6,9H,4,7-8H2,(H,12,13,14). The lowest BCUT2D eigenvalue weighted by atomic mass is 10.1. The first-order valence-corrected chi connectivity index (χ1v) is 5.77. The fourth-order valence-corrected chi connectivity index (χ4v) is 1.84. The smallest absolute Gasteiger partial charge is 0.202 e. The summed E-state index contributed by atoms with van der Waals surface area (Å²) in [6, 6.07) is 10.5. The quantitative estimate of drug-likeness (QED) is 0.785. The molecule has 78 valence electrons. The van der Waals surface area contributed by atoms with Gasteiger partial charge in [0.25, 0.3) is 0 Å². The number of hydrogen-bond donors (Lipinski definition) is 1. The van der Waals surface area contributed by atoms with Crippen LogP contribution in [0.5, 0.6) is 0 Å². The Hall–Kier alpha value is -1.42. The molecule has 0 aliphatic rings. The Morgan fingerprint density at radius 1 is 1.20 bits per heavy atom. The van der Waals surface area contributed by atoms with Gasteiger partial charge in [-0.3, -0.25) is 0 Å². The first-order valence-electron chi connectivity index (χ1n) is 4.99. The molecule has 0 radical (unpaired) electrons. The van der Waals surface area contributed by atoms with E-state index in [-0.39, 0.29) is 0 Å². The lowest BCUT2D eigenvalue weighted by Gasteiger charge is -2.02. The van der Waals surface area contributed by atoms with Gasteiger partial charge >= 0.3 is 0 Å². The van der Waals surface area contributed by atoms with Crippen LogP contribution in [0.25, 0.3) is 0 Å². The van der Waals surface area contributed by atoms with Gasteiger partial charge in [-0.2, -0.15) is 4.37 Å². The van der Waals surface area contributed by atoms with Gasteiger partial charge < -0.3 is 5.32 Å². The number of rotatable bonds is 5. The molecule has 1 N–H and O–H groups in total. The largest absolute Gasteiger partial charge is 0.360 e. The second kappa shape index (κ2) is 5.46. The number of nitrogens with one attached hydrogen (secondary N) is 1. The van der Waals surface area contributed by atoms with Crippen LogP contribution in [0.1, 0.15) is 12.0 Å². The molecule has 0 spiro atoms. The molecule has 0 aliphatic heterocycles. The highest BCUT2D eigenvalue weighted by molar-refractivity contribution is 7.09. The summed E-state index contributed by atoms with van der Waals surface area (Å²) in [4.78, 5) is 4.06. The number of aromatic nitrogens is 2. The molecule has 2 aromatic rings. The zero-order valence-corrected chi connectivity index (χ0v) is 9.20. The first-order chi connectivity index (χ1) is 7.45. The summed E-state index contributed by atoms with van der Waals surface area (Å²) in [5.41, 5.74) is 1.39. The predicted octanol–water partition coefficient (Wildman–Crippen LogP) is 2.58. The van der Waals surface area contributed by atoms with Crippen LogP contribution in [0, 0.1) is 0 Å². The van der Waals surface area contributed by atoms with Crippen molar-refractivity contribution in [1.29, 1.82) is 0 Å². The minimum Gasteiger partial charge on any atom is -0.360 e. The van der Waals surface area contributed by atoms with E-state index in [1.165, 1.54) is 17.1 Å². The number of hydrogen-bond acceptors (Lipinski definition) is 4. The van der Waals surface area contributed by atoms with Crippen molar-refractivity contribution in [3.05, 3.63) is 42.2 Å². The van der Waals surface area contributed by atoms with Gasteiger partial charge in [0.05, 0.1) is 0 Å². The average molecular weight is 219 g/mol. The minimum absolute atomic E-state index is 0.906. The first kappa shape index (κ1) is 10.1. The molecule has 1 heterocycles. The Morgan fingerprint density at radius 3 is 2.80 bits per heavy atom. The molecule has 15 heavy (non-hydrogen) atoms. The molecular formula is C11H13N3S. The van der Waals surface area contributed by atoms with Crippen LogP contribution in [-0.4, -0.2) is 15.9 Å². The third kappa shape index (κ3) is 3.32.